The van der Waals surface area contributed by atoms with Crippen molar-refractivity contribution in [3.8, 4) is 0 Å². The van der Waals surface area contributed by atoms with Crippen LogP contribution < -0.4 is 5.73 Å². The summed E-state index contributed by atoms with van der Waals surface area (Å²) in [5.41, 5.74) is 7.50. The van der Waals surface area contributed by atoms with Crippen molar-refractivity contribution < 1.29 is 9.53 Å². The predicted octanol–water partition coefficient (Wildman–Crippen LogP) is 1.00. The Kier molecular flexibility index (Phi) is 2.88. The fraction of sp³-hybridized carbons (Fsp3) is 0.875. The lowest BCUT2D eigenvalue weighted by atomic mass is 9.99. The van der Waals surface area contributed by atoms with Crippen LogP contribution in [0, 0.1) is 5.92 Å². The molecule has 1 aliphatic carbocycles. The zero-order valence-electron chi connectivity index (χ0n) is 6.80. The second kappa shape index (κ2) is 3.72. The van der Waals surface area contributed by atoms with Crippen LogP contribution in [0.4, 0.5) is 0 Å². The van der Waals surface area contributed by atoms with Crippen molar-refractivity contribution in [1.82, 2.24) is 5.73 Å². The molecule has 1 radical (unpaired) electrons. The van der Waals surface area contributed by atoms with Crippen LogP contribution in [0.15, 0.2) is 0 Å². The average molecular weight is 156 g/mol. The van der Waals surface area contributed by atoms with E-state index < -0.39 is 6.04 Å². The fourth-order valence-corrected chi connectivity index (χ4v) is 1.61. The van der Waals surface area contributed by atoms with Crippen molar-refractivity contribution in [3.63, 3.8) is 0 Å². The van der Waals surface area contributed by atoms with E-state index >= 15 is 0 Å². The molecular weight excluding hydrogens is 142 g/mol. The van der Waals surface area contributed by atoms with Crippen molar-refractivity contribution in [1.29, 1.82) is 0 Å². The lowest BCUT2D eigenvalue weighted by Crippen LogP contribution is -2.30. The third kappa shape index (κ3) is 1.93. The Labute approximate surface area is 66.9 Å². The van der Waals surface area contributed by atoms with E-state index in [1.54, 1.807) is 0 Å². The van der Waals surface area contributed by atoms with Gasteiger partial charge in [-0.3, -0.25) is 4.79 Å². The van der Waals surface area contributed by atoms with Crippen molar-refractivity contribution in [3.05, 3.63) is 0 Å². The number of rotatable bonds is 2. The third-order valence-corrected chi connectivity index (χ3v) is 2.33. The van der Waals surface area contributed by atoms with Crippen LogP contribution in [-0.2, 0) is 9.53 Å². The number of nitrogens with one attached hydrogen (secondary N) is 1. The maximum absolute atomic E-state index is 10.9. The third-order valence-electron chi connectivity index (χ3n) is 2.33. The summed E-state index contributed by atoms with van der Waals surface area (Å²) in [5, 5.41) is 0. The molecule has 3 nitrogen and oxygen atoms in total. The second-order valence-corrected chi connectivity index (χ2v) is 3.05. The van der Waals surface area contributed by atoms with Gasteiger partial charge in [0, 0.05) is 0 Å². The van der Waals surface area contributed by atoms with Gasteiger partial charge in [0.1, 0.15) is 6.04 Å². The largest absolute Gasteiger partial charge is 0.468 e. The van der Waals surface area contributed by atoms with Crippen molar-refractivity contribution in [2.75, 3.05) is 7.11 Å². The van der Waals surface area contributed by atoms with E-state index in [2.05, 4.69) is 4.74 Å². The van der Waals surface area contributed by atoms with Gasteiger partial charge in [-0.2, -0.15) is 0 Å². The Morgan fingerprint density at radius 3 is 2.55 bits per heavy atom. The Hall–Kier alpha value is -0.570. The fourth-order valence-electron chi connectivity index (χ4n) is 1.61. The van der Waals surface area contributed by atoms with Crippen LogP contribution in [0.1, 0.15) is 25.7 Å². The number of carbonyl (C=O) groups is 1. The normalized spacial score (nSPS) is 21.6. The van der Waals surface area contributed by atoms with Crippen molar-refractivity contribution in [2.45, 2.75) is 31.7 Å². The van der Waals surface area contributed by atoms with Crippen LogP contribution in [0.3, 0.4) is 0 Å². The van der Waals surface area contributed by atoms with E-state index in [9.17, 15) is 4.79 Å². The summed E-state index contributed by atoms with van der Waals surface area (Å²) in [5.74, 6) is -0.126. The molecule has 1 unspecified atom stereocenters. The minimum atomic E-state index is -0.637. The minimum absolute atomic E-state index is 0.252. The lowest BCUT2D eigenvalue weighted by Gasteiger charge is -2.14. The number of methoxy groups -OCH3 is 1. The molecule has 1 N–H and O–H groups in total. The van der Waals surface area contributed by atoms with Gasteiger partial charge in [-0.25, -0.2) is 5.73 Å². The van der Waals surface area contributed by atoms with Gasteiger partial charge >= 0.3 is 5.97 Å². The first kappa shape index (κ1) is 8.53. The smallest absolute Gasteiger partial charge is 0.324 e. The van der Waals surface area contributed by atoms with Crippen molar-refractivity contribution >= 4 is 5.97 Å². The van der Waals surface area contributed by atoms with E-state index in [4.69, 9.17) is 5.73 Å². The molecule has 0 spiro atoms. The molecule has 1 rings (SSSR count). The summed E-state index contributed by atoms with van der Waals surface area (Å²) in [6.45, 7) is 0. The zero-order valence-corrected chi connectivity index (χ0v) is 6.80. The van der Waals surface area contributed by atoms with Crippen molar-refractivity contribution in [2.24, 2.45) is 5.92 Å². The molecule has 0 saturated heterocycles. The minimum Gasteiger partial charge on any atom is -0.468 e. The second-order valence-electron chi connectivity index (χ2n) is 3.05. The quantitative estimate of drug-likeness (QED) is 0.560. The number of hydrogen-bond donors (Lipinski definition) is 0. The van der Waals surface area contributed by atoms with E-state index in [0.717, 1.165) is 25.7 Å². The summed E-state index contributed by atoms with van der Waals surface area (Å²) >= 11 is 0. The molecule has 0 amide bonds. The molecule has 0 bridgehead atoms. The highest BCUT2D eigenvalue weighted by atomic mass is 16.5. The van der Waals surface area contributed by atoms with Gasteiger partial charge in [-0.05, 0) is 18.8 Å². The summed E-state index contributed by atoms with van der Waals surface area (Å²) < 4.78 is 4.50. The summed E-state index contributed by atoms with van der Waals surface area (Å²) in [6, 6.07) is -0.637. The van der Waals surface area contributed by atoms with Gasteiger partial charge in [0.15, 0.2) is 0 Å². The van der Waals surface area contributed by atoms with E-state index in [0.29, 0.717) is 0 Å². The lowest BCUT2D eigenvalue weighted by molar-refractivity contribution is -0.143. The molecule has 0 aromatic rings. The predicted molar refractivity (Wildman–Crippen MR) is 40.9 cm³/mol. The molecule has 0 aromatic heterocycles. The van der Waals surface area contributed by atoms with Gasteiger partial charge in [0.2, 0.25) is 0 Å². The number of ether oxygens (including phenoxy) is 1. The highest BCUT2D eigenvalue weighted by Gasteiger charge is 2.28. The summed E-state index contributed by atoms with van der Waals surface area (Å²) in [7, 11) is 1.35. The van der Waals surface area contributed by atoms with Gasteiger partial charge in [-0.1, -0.05) is 12.8 Å². The first-order chi connectivity index (χ1) is 5.25. The maximum atomic E-state index is 10.9. The van der Waals surface area contributed by atoms with E-state index in [-0.39, 0.29) is 11.9 Å². The SMILES string of the molecule is COC(=O)C([NH])C1CCCC1. The molecular formula is C8H14NO2. The van der Waals surface area contributed by atoms with Crippen LogP contribution in [-0.4, -0.2) is 19.1 Å². The molecule has 0 aromatic carbocycles. The standard InChI is InChI=1S/C8H14NO2/c1-11-8(10)7(9)6-4-2-3-5-6/h6-7,9H,2-5H2,1H3. The summed E-state index contributed by atoms with van der Waals surface area (Å²) in [6.07, 6.45) is 4.36. The highest BCUT2D eigenvalue weighted by Crippen LogP contribution is 2.27. The molecule has 63 valence electrons. The molecule has 0 heterocycles. The summed E-state index contributed by atoms with van der Waals surface area (Å²) in [4.78, 5) is 10.9. The molecule has 3 heteroatoms. The maximum Gasteiger partial charge on any atom is 0.324 e. The van der Waals surface area contributed by atoms with Gasteiger partial charge in [0.05, 0.1) is 7.11 Å². The topological polar surface area (TPSA) is 50.1 Å². The van der Waals surface area contributed by atoms with Crippen LogP contribution in [0.2, 0.25) is 0 Å². The first-order valence-electron chi connectivity index (χ1n) is 4.04. The zero-order chi connectivity index (χ0) is 8.27. The highest BCUT2D eigenvalue weighted by molar-refractivity contribution is 5.75. The Morgan fingerprint density at radius 2 is 2.09 bits per heavy atom. The molecule has 1 saturated carbocycles. The Morgan fingerprint density at radius 1 is 1.55 bits per heavy atom. The number of hydrogen-bond acceptors (Lipinski definition) is 2. The van der Waals surface area contributed by atoms with Gasteiger partial charge in [-0.15, -0.1) is 0 Å². The molecule has 0 aliphatic heterocycles. The molecule has 1 fully saturated rings. The van der Waals surface area contributed by atoms with E-state index in [1.165, 1.54) is 7.11 Å². The Balaban J connectivity index is 2.39. The molecule has 1 atom stereocenters. The average Bonchev–Trinajstić information content (AvgIpc) is 2.53. The number of esters is 1. The Bertz CT molecular complexity index is 141. The number of carbonyl (C=O) groups excluding carboxylic acids is 1. The van der Waals surface area contributed by atoms with Gasteiger partial charge < -0.3 is 4.74 Å². The molecule has 1 aliphatic rings. The van der Waals surface area contributed by atoms with Crippen LogP contribution >= 0.6 is 0 Å². The van der Waals surface area contributed by atoms with Gasteiger partial charge in [0.25, 0.3) is 0 Å². The van der Waals surface area contributed by atoms with Crippen LogP contribution in [0.25, 0.3) is 0 Å². The van der Waals surface area contributed by atoms with E-state index in [1.807, 2.05) is 0 Å². The monoisotopic (exact) mass is 156 g/mol. The first-order valence-corrected chi connectivity index (χ1v) is 4.04. The van der Waals surface area contributed by atoms with Crippen LogP contribution in [0.5, 0.6) is 0 Å². The molecule has 11 heavy (non-hydrogen) atoms.